The van der Waals surface area contributed by atoms with Gasteiger partial charge in [-0.05, 0) is 38.0 Å². The first kappa shape index (κ1) is 14.7. The Balaban J connectivity index is 2.55. The molecule has 0 unspecified atom stereocenters. The summed E-state index contributed by atoms with van der Waals surface area (Å²) < 4.78 is 0. The topological polar surface area (TPSA) is 94.4 Å². The summed E-state index contributed by atoms with van der Waals surface area (Å²) >= 11 is 0. The molecule has 1 amide bonds. The number of nitrogen functional groups attached to an aromatic ring is 1. The Morgan fingerprint density at radius 1 is 1.24 bits per heavy atom. The van der Waals surface area contributed by atoms with Gasteiger partial charge in [-0.2, -0.15) is 4.99 Å². The molecule has 0 spiro atoms. The van der Waals surface area contributed by atoms with Crippen molar-refractivity contribution in [3.05, 3.63) is 47.2 Å². The Bertz CT molecular complexity index is 731. The lowest BCUT2D eigenvalue weighted by Crippen LogP contribution is -2.11. The van der Waals surface area contributed by atoms with E-state index in [0.29, 0.717) is 0 Å². The van der Waals surface area contributed by atoms with Crippen LogP contribution in [0.2, 0.25) is 0 Å². The molecule has 0 aliphatic carbocycles. The first-order chi connectivity index (χ1) is 9.88. The second-order valence-corrected chi connectivity index (χ2v) is 5.03. The van der Waals surface area contributed by atoms with Crippen LogP contribution in [0.25, 0.3) is 11.1 Å². The molecule has 2 aromatic rings. The van der Waals surface area contributed by atoms with Gasteiger partial charge in [-0.25, -0.2) is 4.98 Å². The number of nitrogens with two attached hydrogens (primary N) is 2. The summed E-state index contributed by atoms with van der Waals surface area (Å²) in [7, 11) is 0. The van der Waals surface area contributed by atoms with E-state index in [2.05, 4.69) is 9.98 Å². The molecule has 0 atom stereocenters. The Morgan fingerprint density at radius 2 is 1.95 bits per heavy atom. The van der Waals surface area contributed by atoms with Crippen LogP contribution in [0.5, 0.6) is 0 Å². The number of hydrogen-bond donors (Lipinski definition) is 2. The monoisotopic (exact) mass is 282 g/mol. The van der Waals surface area contributed by atoms with Gasteiger partial charge in [0.25, 0.3) is 5.91 Å². The van der Waals surface area contributed by atoms with Crippen LogP contribution >= 0.6 is 0 Å². The van der Waals surface area contributed by atoms with E-state index < -0.39 is 5.91 Å². The zero-order valence-electron chi connectivity index (χ0n) is 12.3. The lowest BCUT2D eigenvalue weighted by molar-refractivity contribution is 0.100. The van der Waals surface area contributed by atoms with E-state index in [4.69, 9.17) is 11.5 Å². The van der Waals surface area contributed by atoms with Crippen molar-refractivity contribution < 1.29 is 4.79 Å². The molecule has 5 nitrogen and oxygen atoms in total. The van der Waals surface area contributed by atoms with E-state index in [1.54, 1.807) is 19.2 Å². The number of aromatic nitrogens is 1. The van der Waals surface area contributed by atoms with Gasteiger partial charge in [0.1, 0.15) is 11.7 Å². The van der Waals surface area contributed by atoms with Crippen molar-refractivity contribution in [1.82, 2.24) is 4.98 Å². The van der Waals surface area contributed by atoms with Gasteiger partial charge in [-0.1, -0.05) is 23.8 Å². The molecule has 4 N–H and O–H groups in total. The van der Waals surface area contributed by atoms with Gasteiger partial charge >= 0.3 is 0 Å². The van der Waals surface area contributed by atoms with E-state index in [1.165, 1.54) is 0 Å². The average Bonchev–Trinajstić information content (AvgIpc) is 2.41. The fraction of sp³-hybridized carbons (Fsp3) is 0.188. The zero-order chi connectivity index (χ0) is 15.6. The van der Waals surface area contributed by atoms with Gasteiger partial charge in [0.05, 0.1) is 5.56 Å². The number of nitrogens with zero attached hydrogens (tertiary/aromatic N) is 2. The van der Waals surface area contributed by atoms with Crippen molar-refractivity contribution in [2.24, 2.45) is 10.7 Å². The molecule has 0 bridgehead atoms. The molecule has 2 rings (SSSR count). The number of benzene rings is 1. The number of anilines is 1. The van der Waals surface area contributed by atoms with Crippen LogP contribution in [0.15, 0.2) is 35.5 Å². The van der Waals surface area contributed by atoms with E-state index in [1.807, 2.05) is 32.0 Å². The molecule has 0 aliphatic heterocycles. The SMILES string of the molecule is CC(N)=NC(=O)c1cc(-c2cc(C)ccc2C)cnc1N. The maximum Gasteiger partial charge on any atom is 0.282 e. The number of aryl methyl sites for hydroxylation is 2. The number of hydrogen-bond acceptors (Lipinski definition) is 3. The van der Waals surface area contributed by atoms with Gasteiger partial charge in [-0.15, -0.1) is 0 Å². The van der Waals surface area contributed by atoms with Crippen LogP contribution in [-0.2, 0) is 0 Å². The van der Waals surface area contributed by atoms with Crippen molar-refractivity contribution in [2.75, 3.05) is 5.73 Å². The van der Waals surface area contributed by atoms with Crippen LogP contribution in [-0.4, -0.2) is 16.7 Å². The number of rotatable bonds is 2. The lowest BCUT2D eigenvalue weighted by Gasteiger charge is -2.09. The fourth-order valence-corrected chi connectivity index (χ4v) is 2.06. The average molecular weight is 282 g/mol. The quantitative estimate of drug-likeness (QED) is 0.653. The summed E-state index contributed by atoms with van der Waals surface area (Å²) in [5, 5.41) is 0. The van der Waals surface area contributed by atoms with Crippen LogP contribution in [0.1, 0.15) is 28.4 Å². The van der Waals surface area contributed by atoms with Gasteiger partial charge in [0.2, 0.25) is 0 Å². The number of carbonyl (C=O) groups excluding carboxylic acids is 1. The Hall–Kier alpha value is -2.69. The zero-order valence-corrected chi connectivity index (χ0v) is 12.3. The van der Waals surface area contributed by atoms with Crippen LogP contribution in [0.3, 0.4) is 0 Å². The van der Waals surface area contributed by atoms with E-state index in [-0.39, 0.29) is 17.2 Å². The minimum Gasteiger partial charge on any atom is -0.387 e. The first-order valence-corrected chi connectivity index (χ1v) is 6.56. The highest BCUT2D eigenvalue weighted by atomic mass is 16.1. The molecule has 1 aromatic carbocycles. The maximum absolute atomic E-state index is 12.0. The molecule has 0 fully saturated rings. The predicted molar refractivity (Wildman–Crippen MR) is 85.2 cm³/mol. The summed E-state index contributed by atoms with van der Waals surface area (Å²) in [5.41, 5.74) is 15.6. The summed E-state index contributed by atoms with van der Waals surface area (Å²) in [6.45, 7) is 5.58. The molecule has 108 valence electrons. The largest absolute Gasteiger partial charge is 0.387 e. The second kappa shape index (κ2) is 5.75. The van der Waals surface area contributed by atoms with Gasteiger partial charge < -0.3 is 11.5 Å². The van der Waals surface area contributed by atoms with Crippen LogP contribution in [0.4, 0.5) is 5.82 Å². The molecule has 1 aromatic heterocycles. The van der Waals surface area contributed by atoms with E-state index >= 15 is 0 Å². The minimum atomic E-state index is -0.479. The highest BCUT2D eigenvalue weighted by molar-refractivity contribution is 6.05. The molecule has 0 aliphatic rings. The Labute approximate surface area is 123 Å². The van der Waals surface area contributed by atoms with Gasteiger partial charge in [0, 0.05) is 11.8 Å². The number of pyridine rings is 1. The highest BCUT2D eigenvalue weighted by Gasteiger charge is 2.13. The summed E-state index contributed by atoms with van der Waals surface area (Å²) in [6, 6.07) is 7.83. The number of amides is 1. The van der Waals surface area contributed by atoms with E-state index in [9.17, 15) is 4.79 Å². The minimum absolute atomic E-state index is 0.152. The molecule has 0 radical (unpaired) electrons. The highest BCUT2D eigenvalue weighted by Crippen LogP contribution is 2.26. The van der Waals surface area contributed by atoms with Crippen LogP contribution < -0.4 is 11.5 Å². The van der Waals surface area contributed by atoms with Crippen molar-refractivity contribution in [2.45, 2.75) is 20.8 Å². The summed E-state index contributed by atoms with van der Waals surface area (Å²) in [4.78, 5) is 19.8. The third kappa shape index (κ3) is 3.25. The van der Waals surface area contributed by atoms with Crippen molar-refractivity contribution in [3.63, 3.8) is 0 Å². The fourth-order valence-electron chi connectivity index (χ4n) is 2.06. The molecule has 21 heavy (non-hydrogen) atoms. The van der Waals surface area contributed by atoms with Crippen LogP contribution in [0, 0.1) is 13.8 Å². The molecule has 0 saturated heterocycles. The van der Waals surface area contributed by atoms with E-state index in [0.717, 1.165) is 22.3 Å². The predicted octanol–water partition coefficient (Wildman–Crippen LogP) is 2.46. The first-order valence-electron chi connectivity index (χ1n) is 6.56. The smallest absolute Gasteiger partial charge is 0.282 e. The molecule has 1 heterocycles. The van der Waals surface area contributed by atoms with Crippen molar-refractivity contribution >= 4 is 17.6 Å². The number of aliphatic imine (C=N–C) groups is 1. The maximum atomic E-state index is 12.0. The molecular formula is C16H18N4O. The summed E-state index contributed by atoms with van der Waals surface area (Å²) in [6.07, 6.45) is 1.66. The van der Waals surface area contributed by atoms with Gasteiger partial charge in [0.15, 0.2) is 0 Å². The molecule has 5 heteroatoms. The Morgan fingerprint density at radius 3 is 2.62 bits per heavy atom. The standard InChI is InChI=1S/C16H18N4O/c1-9-4-5-10(2)13(6-9)12-7-14(15(18)19-8-12)16(21)20-11(3)17/h4-8H,1-3H3,(H2,18,19)(H2,17,20,21). The molecule has 0 saturated carbocycles. The number of carbonyl (C=O) groups is 1. The number of amidine groups is 1. The third-order valence-electron chi connectivity index (χ3n) is 3.13. The van der Waals surface area contributed by atoms with Gasteiger partial charge in [-0.3, -0.25) is 4.79 Å². The van der Waals surface area contributed by atoms with Crippen molar-refractivity contribution in [1.29, 1.82) is 0 Å². The Kier molecular flexibility index (Phi) is 4.03. The second-order valence-electron chi connectivity index (χ2n) is 5.03. The molecular weight excluding hydrogens is 264 g/mol. The van der Waals surface area contributed by atoms with Crippen molar-refractivity contribution in [3.8, 4) is 11.1 Å². The summed E-state index contributed by atoms with van der Waals surface area (Å²) in [5.74, 6) is -0.136. The third-order valence-corrected chi connectivity index (χ3v) is 3.13. The normalized spacial score (nSPS) is 11.5. The lowest BCUT2D eigenvalue weighted by atomic mass is 9.98.